The fourth-order valence-corrected chi connectivity index (χ4v) is 3.89. The van der Waals surface area contributed by atoms with Crippen molar-refractivity contribution in [1.29, 1.82) is 0 Å². The summed E-state index contributed by atoms with van der Waals surface area (Å²) in [4.78, 5) is 8.27. The van der Waals surface area contributed by atoms with Crippen LogP contribution in [-0.4, -0.2) is 29.8 Å². The number of rotatable bonds is 4. The lowest BCUT2D eigenvalue weighted by Gasteiger charge is -2.09. The molecule has 3 heterocycles. The summed E-state index contributed by atoms with van der Waals surface area (Å²) in [6.07, 6.45) is -7.77. The average Bonchev–Trinajstić information content (AvgIpc) is 3.48. The van der Waals surface area contributed by atoms with E-state index in [0.717, 1.165) is 36.0 Å². The Morgan fingerprint density at radius 1 is 0.800 bits per heavy atom. The standard InChI is InChI=1S/C21H10F6N6OS/c22-20(23,24)13-6-4-11(5-7-13)17-31-32-19(34-17)35-16-9-15(30-18-28-10-29-33(16)18)12-2-1-3-14(8-12)21(25,26)27/h1-10H. The summed E-state index contributed by atoms with van der Waals surface area (Å²) in [5, 5.41) is 12.2. The van der Waals surface area contributed by atoms with Crippen LogP contribution in [0.15, 0.2) is 75.6 Å². The van der Waals surface area contributed by atoms with Gasteiger partial charge in [-0.05, 0) is 54.2 Å². The lowest BCUT2D eigenvalue weighted by molar-refractivity contribution is -0.138. The summed E-state index contributed by atoms with van der Waals surface area (Å²) >= 11 is 0.941. The van der Waals surface area contributed by atoms with Crippen LogP contribution >= 0.6 is 11.8 Å². The molecule has 7 nitrogen and oxygen atoms in total. The van der Waals surface area contributed by atoms with Gasteiger partial charge in [0.1, 0.15) is 11.4 Å². The molecule has 0 saturated heterocycles. The monoisotopic (exact) mass is 508 g/mol. The van der Waals surface area contributed by atoms with Crippen molar-refractivity contribution in [3.05, 3.63) is 72.1 Å². The van der Waals surface area contributed by atoms with E-state index in [2.05, 4.69) is 25.3 Å². The number of nitrogens with zero attached hydrogens (tertiary/aromatic N) is 6. The second kappa shape index (κ2) is 8.37. The molecular formula is C21H10F6N6OS. The molecule has 5 rings (SSSR count). The highest BCUT2D eigenvalue weighted by molar-refractivity contribution is 7.99. The van der Waals surface area contributed by atoms with Crippen molar-refractivity contribution in [3.63, 3.8) is 0 Å². The number of hydrogen-bond acceptors (Lipinski definition) is 7. The Labute approximate surface area is 195 Å². The van der Waals surface area contributed by atoms with Crippen LogP contribution in [0.25, 0.3) is 28.5 Å². The zero-order chi connectivity index (χ0) is 24.8. The average molecular weight is 508 g/mol. The van der Waals surface area contributed by atoms with Gasteiger partial charge in [-0.1, -0.05) is 12.1 Å². The summed E-state index contributed by atoms with van der Waals surface area (Å²) in [6.45, 7) is 0. The Hall–Kier alpha value is -3.94. The van der Waals surface area contributed by atoms with Gasteiger partial charge in [0.05, 0.1) is 16.8 Å². The van der Waals surface area contributed by atoms with Crippen molar-refractivity contribution in [1.82, 2.24) is 29.8 Å². The van der Waals surface area contributed by atoms with Gasteiger partial charge in [-0.25, -0.2) is 4.98 Å². The molecule has 178 valence electrons. The molecule has 0 aliphatic rings. The van der Waals surface area contributed by atoms with Gasteiger partial charge in [-0.3, -0.25) is 0 Å². The van der Waals surface area contributed by atoms with Crippen LogP contribution in [0.5, 0.6) is 0 Å². The fourth-order valence-electron chi connectivity index (χ4n) is 3.12. The fraction of sp³-hybridized carbons (Fsp3) is 0.0952. The van der Waals surface area contributed by atoms with Gasteiger partial charge in [0.2, 0.25) is 5.89 Å². The summed E-state index contributed by atoms with van der Waals surface area (Å²) < 4.78 is 84.7. The van der Waals surface area contributed by atoms with Crippen molar-refractivity contribution in [2.45, 2.75) is 22.6 Å². The molecule has 0 atom stereocenters. The molecule has 0 aliphatic carbocycles. The number of halogens is 6. The molecule has 35 heavy (non-hydrogen) atoms. The quantitative estimate of drug-likeness (QED) is 0.217. The van der Waals surface area contributed by atoms with Crippen LogP contribution in [0.2, 0.25) is 0 Å². The normalized spacial score (nSPS) is 12.4. The van der Waals surface area contributed by atoms with Gasteiger partial charge < -0.3 is 4.42 Å². The third-order valence-electron chi connectivity index (χ3n) is 4.76. The Morgan fingerprint density at radius 3 is 2.26 bits per heavy atom. The van der Waals surface area contributed by atoms with E-state index in [4.69, 9.17) is 4.42 Å². The molecule has 0 radical (unpaired) electrons. The van der Waals surface area contributed by atoms with Crippen molar-refractivity contribution in [2.75, 3.05) is 0 Å². The predicted molar refractivity (Wildman–Crippen MR) is 110 cm³/mol. The van der Waals surface area contributed by atoms with Crippen molar-refractivity contribution >= 4 is 17.5 Å². The molecule has 0 N–H and O–H groups in total. The highest BCUT2D eigenvalue weighted by Gasteiger charge is 2.31. The molecule has 2 aromatic carbocycles. The summed E-state index contributed by atoms with van der Waals surface area (Å²) in [6, 6.07) is 10.4. The number of benzene rings is 2. The largest absolute Gasteiger partial charge is 0.416 e. The maximum Gasteiger partial charge on any atom is 0.416 e. The number of fused-ring (bicyclic) bond motifs is 1. The Balaban J connectivity index is 1.47. The van der Waals surface area contributed by atoms with Crippen molar-refractivity contribution < 1.29 is 30.8 Å². The van der Waals surface area contributed by atoms with Crippen LogP contribution in [0.3, 0.4) is 0 Å². The Bertz CT molecular complexity index is 1510. The Kier molecular flexibility index (Phi) is 5.46. The number of aromatic nitrogens is 6. The third-order valence-corrected chi connectivity index (χ3v) is 5.60. The first-order valence-corrected chi connectivity index (χ1v) is 10.5. The van der Waals surface area contributed by atoms with E-state index in [1.165, 1.54) is 41.2 Å². The van der Waals surface area contributed by atoms with Crippen molar-refractivity contribution in [3.8, 4) is 22.7 Å². The maximum absolute atomic E-state index is 13.1. The third kappa shape index (κ3) is 4.69. The molecule has 0 bridgehead atoms. The van der Waals surface area contributed by atoms with E-state index in [1.807, 2.05) is 0 Å². The highest BCUT2D eigenvalue weighted by atomic mass is 32.2. The lowest BCUT2D eigenvalue weighted by Crippen LogP contribution is -2.05. The molecule has 14 heteroatoms. The first kappa shape index (κ1) is 22.8. The minimum atomic E-state index is -4.52. The zero-order valence-corrected chi connectivity index (χ0v) is 17.9. The van der Waals surface area contributed by atoms with E-state index in [9.17, 15) is 26.3 Å². The first-order chi connectivity index (χ1) is 16.6. The summed E-state index contributed by atoms with van der Waals surface area (Å²) in [5.74, 6) is 0.119. The van der Waals surface area contributed by atoms with Gasteiger partial charge >= 0.3 is 12.4 Å². The molecule has 5 aromatic rings. The summed E-state index contributed by atoms with van der Waals surface area (Å²) in [7, 11) is 0. The molecular weight excluding hydrogens is 498 g/mol. The van der Waals surface area contributed by atoms with Crippen LogP contribution in [0, 0.1) is 0 Å². The van der Waals surface area contributed by atoms with Gasteiger partial charge in [0.25, 0.3) is 11.0 Å². The van der Waals surface area contributed by atoms with Gasteiger partial charge in [0.15, 0.2) is 0 Å². The molecule has 3 aromatic heterocycles. The van der Waals surface area contributed by atoms with E-state index in [-0.39, 0.29) is 33.7 Å². The second-order valence-electron chi connectivity index (χ2n) is 7.08. The smallest absolute Gasteiger partial charge is 0.411 e. The van der Waals surface area contributed by atoms with Crippen LogP contribution < -0.4 is 0 Å². The lowest BCUT2D eigenvalue weighted by atomic mass is 10.1. The van der Waals surface area contributed by atoms with E-state index < -0.39 is 23.5 Å². The molecule has 0 unspecified atom stereocenters. The minimum Gasteiger partial charge on any atom is -0.411 e. The molecule has 0 spiro atoms. The van der Waals surface area contributed by atoms with Gasteiger partial charge in [-0.15, -0.1) is 10.2 Å². The van der Waals surface area contributed by atoms with E-state index in [1.54, 1.807) is 0 Å². The van der Waals surface area contributed by atoms with Crippen molar-refractivity contribution in [2.24, 2.45) is 0 Å². The molecule has 0 fully saturated rings. The minimum absolute atomic E-state index is 0.0109. The SMILES string of the molecule is FC(F)(F)c1ccc(-c2nnc(Sc3cc(-c4cccc(C(F)(F)F)c4)nc4ncnn34)o2)cc1. The predicted octanol–water partition coefficient (Wildman–Crippen LogP) is 6.03. The zero-order valence-electron chi connectivity index (χ0n) is 17.0. The van der Waals surface area contributed by atoms with Crippen LogP contribution in [-0.2, 0) is 12.4 Å². The number of alkyl halides is 6. The molecule has 0 amide bonds. The second-order valence-corrected chi connectivity index (χ2v) is 8.05. The molecule has 0 saturated carbocycles. The Morgan fingerprint density at radius 2 is 1.54 bits per heavy atom. The van der Waals surface area contributed by atoms with Gasteiger partial charge in [-0.2, -0.15) is 40.9 Å². The van der Waals surface area contributed by atoms with Crippen LogP contribution in [0.4, 0.5) is 26.3 Å². The van der Waals surface area contributed by atoms with Crippen LogP contribution in [0.1, 0.15) is 11.1 Å². The summed E-state index contributed by atoms with van der Waals surface area (Å²) in [5.41, 5.74) is -0.944. The van der Waals surface area contributed by atoms with E-state index in [0.29, 0.717) is 5.03 Å². The van der Waals surface area contributed by atoms with E-state index >= 15 is 0 Å². The maximum atomic E-state index is 13.1. The topological polar surface area (TPSA) is 82.0 Å². The first-order valence-electron chi connectivity index (χ1n) is 9.65. The number of hydrogen-bond donors (Lipinski definition) is 0. The molecule has 0 aliphatic heterocycles. The van der Waals surface area contributed by atoms with Gasteiger partial charge in [0, 0.05) is 11.1 Å². The highest BCUT2D eigenvalue weighted by Crippen LogP contribution is 2.35.